The van der Waals surface area contributed by atoms with Crippen LogP contribution in [0.5, 0.6) is 5.75 Å². The standard InChI is InChI=1S/C26H29N3O6/c1-3-12-27(14-18-8-10-21(34-2)11-9-18)25(32)29-17-22(13-23(29)24(30)31)35-26(33)28-15-19-6-4-5-7-20(19)16-28/h3-11,22-23H,1,12-17H2,2H3,(H,30,31)/t22?,23-/m0/s1. The zero-order valence-corrected chi connectivity index (χ0v) is 19.6. The summed E-state index contributed by atoms with van der Waals surface area (Å²) in [5.41, 5.74) is 2.99. The number of carboxylic acids is 1. The molecule has 1 unspecified atom stereocenters. The Morgan fingerprint density at radius 2 is 1.77 bits per heavy atom. The summed E-state index contributed by atoms with van der Waals surface area (Å²) in [6, 6.07) is 13.5. The van der Waals surface area contributed by atoms with Gasteiger partial charge in [0.2, 0.25) is 0 Å². The number of hydrogen-bond donors (Lipinski definition) is 1. The number of rotatable bonds is 7. The summed E-state index contributed by atoms with van der Waals surface area (Å²) >= 11 is 0. The molecule has 0 aliphatic carbocycles. The molecule has 3 amide bonds. The summed E-state index contributed by atoms with van der Waals surface area (Å²) in [5.74, 6) is -0.430. The van der Waals surface area contributed by atoms with Crippen LogP contribution in [-0.2, 0) is 29.2 Å². The van der Waals surface area contributed by atoms with Crippen molar-refractivity contribution >= 4 is 18.1 Å². The van der Waals surface area contributed by atoms with E-state index in [4.69, 9.17) is 9.47 Å². The van der Waals surface area contributed by atoms with Gasteiger partial charge in [-0.2, -0.15) is 0 Å². The maximum atomic E-state index is 13.4. The molecule has 0 radical (unpaired) electrons. The van der Waals surface area contributed by atoms with Crippen LogP contribution < -0.4 is 4.74 Å². The molecule has 0 bridgehead atoms. The average Bonchev–Trinajstić information content (AvgIpc) is 3.48. The molecule has 1 N–H and O–H groups in total. The second kappa shape index (κ2) is 10.5. The first-order valence-electron chi connectivity index (χ1n) is 11.4. The van der Waals surface area contributed by atoms with Crippen molar-refractivity contribution in [3.05, 3.63) is 77.9 Å². The molecule has 1 fully saturated rings. The number of carboxylic acid groups (broad SMARTS) is 1. The lowest BCUT2D eigenvalue weighted by molar-refractivity contribution is -0.141. The molecule has 0 aromatic heterocycles. The van der Waals surface area contributed by atoms with Crippen molar-refractivity contribution < 1.29 is 29.0 Å². The van der Waals surface area contributed by atoms with Crippen molar-refractivity contribution in [2.45, 2.75) is 38.2 Å². The van der Waals surface area contributed by atoms with Gasteiger partial charge in [0.25, 0.3) is 0 Å². The van der Waals surface area contributed by atoms with E-state index in [-0.39, 0.29) is 26.1 Å². The van der Waals surface area contributed by atoms with Gasteiger partial charge >= 0.3 is 18.1 Å². The van der Waals surface area contributed by atoms with Gasteiger partial charge in [-0.15, -0.1) is 6.58 Å². The number of ether oxygens (including phenoxy) is 2. The molecule has 0 saturated carbocycles. The fraction of sp³-hybridized carbons (Fsp3) is 0.346. The SMILES string of the molecule is C=CCN(Cc1ccc(OC)cc1)C(=O)N1CC(OC(=O)N2Cc3ccccc3C2)C[C@H]1C(=O)O. The fourth-order valence-electron chi connectivity index (χ4n) is 4.51. The summed E-state index contributed by atoms with van der Waals surface area (Å²) in [6.45, 7) is 5.14. The Morgan fingerprint density at radius 3 is 2.34 bits per heavy atom. The minimum absolute atomic E-state index is 0.0125. The predicted octanol–water partition coefficient (Wildman–Crippen LogP) is 3.48. The van der Waals surface area contributed by atoms with E-state index in [0.29, 0.717) is 18.8 Å². The third-order valence-electron chi connectivity index (χ3n) is 6.31. The van der Waals surface area contributed by atoms with E-state index < -0.39 is 30.2 Å². The van der Waals surface area contributed by atoms with Gasteiger partial charge in [-0.05, 0) is 28.8 Å². The average molecular weight is 480 g/mol. The molecule has 2 aliphatic heterocycles. The van der Waals surface area contributed by atoms with E-state index in [1.54, 1.807) is 30.2 Å². The van der Waals surface area contributed by atoms with E-state index in [2.05, 4.69) is 6.58 Å². The van der Waals surface area contributed by atoms with Crippen LogP contribution in [0.1, 0.15) is 23.1 Å². The van der Waals surface area contributed by atoms with Crippen LogP contribution in [-0.4, -0.2) is 70.2 Å². The molecule has 184 valence electrons. The van der Waals surface area contributed by atoms with E-state index in [1.807, 2.05) is 36.4 Å². The summed E-state index contributed by atoms with van der Waals surface area (Å²) in [6.07, 6.45) is 0.419. The molecule has 2 aromatic carbocycles. The van der Waals surface area contributed by atoms with Crippen LogP contribution in [0.4, 0.5) is 9.59 Å². The Hall–Kier alpha value is -4.01. The molecule has 35 heavy (non-hydrogen) atoms. The minimum atomic E-state index is -1.13. The number of benzene rings is 2. The first-order valence-corrected chi connectivity index (χ1v) is 11.4. The Balaban J connectivity index is 1.42. The molecule has 9 nitrogen and oxygen atoms in total. The molecule has 2 aliphatic rings. The lowest BCUT2D eigenvalue weighted by atomic mass is 10.1. The molecule has 9 heteroatoms. The van der Waals surface area contributed by atoms with E-state index in [1.165, 1.54) is 9.80 Å². The number of likely N-dealkylation sites (tertiary alicyclic amines) is 1. The lowest BCUT2D eigenvalue weighted by Gasteiger charge is -2.29. The molecule has 1 saturated heterocycles. The van der Waals surface area contributed by atoms with Gasteiger partial charge in [0, 0.05) is 32.6 Å². The fourth-order valence-corrected chi connectivity index (χ4v) is 4.51. The largest absolute Gasteiger partial charge is 0.497 e. The van der Waals surface area contributed by atoms with Crippen LogP contribution in [0, 0.1) is 0 Å². The highest BCUT2D eigenvalue weighted by molar-refractivity contribution is 5.84. The van der Waals surface area contributed by atoms with Gasteiger partial charge < -0.3 is 24.4 Å². The maximum absolute atomic E-state index is 13.4. The Kier molecular flexibility index (Phi) is 7.24. The highest BCUT2D eigenvalue weighted by Crippen LogP contribution is 2.27. The summed E-state index contributed by atoms with van der Waals surface area (Å²) in [5, 5.41) is 9.78. The highest BCUT2D eigenvalue weighted by atomic mass is 16.6. The Labute approximate surface area is 204 Å². The van der Waals surface area contributed by atoms with Gasteiger partial charge in [0.15, 0.2) is 0 Å². The van der Waals surface area contributed by atoms with Crippen LogP contribution in [0.15, 0.2) is 61.2 Å². The lowest BCUT2D eigenvalue weighted by Crippen LogP contribution is -2.48. The first-order chi connectivity index (χ1) is 16.9. The summed E-state index contributed by atoms with van der Waals surface area (Å²) < 4.78 is 10.8. The molecule has 0 spiro atoms. The molecular weight excluding hydrogens is 450 g/mol. The second-order valence-electron chi connectivity index (χ2n) is 8.67. The number of carbonyl (C=O) groups is 3. The number of amides is 3. The number of carbonyl (C=O) groups excluding carboxylic acids is 2. The zero-order chi connectivity index (χ0) is 24.9. The molecule has 4 rings (SSSR count). The monoisotopic (exact) mass is 479 g/mol. The van der Waals surface area contributed by atoms with E-state index in [0.717, 1.165) is 16.7 Å². The number of aliphatic carboxylic acids is 1. The summed E-state index contributed by atoms with van der Waals surface area (Å²) in [4.78, 5) is 42.5. The van der Waals surface area contributed by atoms with Crippen LogP contribution in [0.2, 0.25) is 0 Å². The third-order valence-corrected chi connectivity index (χ3v) is 6.31. The quantitative estimate of drug-likeness (QED) is 0.611. The van der Waals surface area contributed by atoms with Gasteiger partial charge in [-0.1, -0.05) is 42.5 Å². The van der Waals surface area contributed by atoms with E-state index >= 15 is 0 Å². The third kappa shape index (κ3) is 5.40. The van der Waals surface area contributed by atoms with E-state index in [9.17, 15) is 19.5 Å². The molecular formula is C26H29N3O6. The van der Waals surface area contributed by atoms with Gasteiger partial charge in [-0.25, -0.2) is 14.4 Å². The summed E-state index contributed by atoms with van der Waals surface area (Å²) in [7, 11) is 1.58. The van der Waals surface area contributed by atoms with Crippen molar-refractivity contribution in [1.29, 1.82) is 0 Å². The highest BCUT2D eigenvalue weighted by Gasteiger charge is 2.43. The van der Waals surface area contributed by atoms with Crippen LogP contribution in [0.3, 0.4) is 0 Å². The van der Waals surface area contributed by atoms with Gasteiger partial charge in [0.05, 0.1) is 13.7 Å². The second-order valence-corrected chi connectivity index (χ2v) is 8.67. The van der Waals surface area contributed by atoms with Crippen LogP contribution in [0.25, 0.3) is 0 Å². The van der Waals surface area contributed by atoms with Crippen molar-refractivity contribution in [2.75, 3.05) is 20.2 Å². The zero-order valence-electron chi connectivity index (χ0n) is 19.6. The van der Waals surface area contributed by atoms with Crippen molar-refractivity contribution in [3.63, 3.8) is 0 Å². The Bertz CT molecular complexity index is 1080. The number of fused-ring (bicyclic) bond motifs is 1. The van der Waals surface area contributed by atoms with Gasteiger partial charge in [0.1, 0.15) is 17.9 Å². The molecule has 2 aromatic rings. The predicted molar refractivity (Wildman–Crippen MR) is 128 cm³/mol. The number of urea groups is 1. The van der Waals surface area contributed by atoms with Crippen LogP contribution >= 0.6 is 0 Å². The molecule has 2 atom stereocenters. The van der Waals surface area contributed by atoms with Crippen molar-refractivity contribution in [3.8, 4) is 5.75 Å². The number of hydrogen-bond acceptors (Lipinski definition) is 5. The van der Waals surface area contributed by atoms with Crippen molar-refractivity contribution in [1.82, 2.24) is 14.7 Å². The number of nitrogens with zero attached hydrogens (tertiary/aromatic N) is 3. The topological polar surface area (TPSA) is 99.6 Å². The normalized spacial score (nSPS) is 18.7. The number of methoxy groups -OCH3 is 1. The van der Waals surface area contributed by atoms with Crippen molar-refractivity contribution in [2.24, 2.45) is 0 Å². The van der Waals surface area contributed by atoms with Gasteiger partial charge in [-0.3, -0.25) is 4.90 Å². The Morgan fingerprint density at radius 1 is 1.11 bits per heavy atom. The maximum Gasteiger partial charge on any atom is 0.410 e. The smallest absolute Gasteiger partial charge is 0.410 e. The minimum Gasteiger partial charge on any atom is -0.497 e. The first kappa shape index (κ1) is 24.1. The molecule has 2 heterocycles.